The van der Waals surface area contributed by atoms with Crippen molar-refractivity contribution in [1.82, 2.24) is 4.90 Å². The zero-order valence-corrected chi connectivity index (χ0v) is 12.3. The number of rotatable bonds is 4. The molecular formula is C16H24N2O2. The van der Waals surface area contributed by atoms with Crippen LogP contribution in [0.5, 0.6) is 0 Å². The summed E-state index contributed by atoms with van der Waals surface area (Å²) in [5.41, 5.74) is 1.25. The summed E-state index contributed by atoms with van der Waals surface area (Å²) in [6.07, 6.45) is 3.43. The lowest BCUT2D eigenvalue weighted by Gasteiger charge is -2.24. The van der Waals surface area contributed by atoms with Crippen LogP contribution in [0.1, 0.15) is 43.5 Å². The van der Waals surface area contributed by atoms with Crippen LogP contribution < -0.4 is 5.32 Å². The fourth-order valence-corrected chi connectivity index (χ4v) is 2.76. The highest BCUT2D eigenvalue weighted by molar-refractivity contribution is 5.88. The van der Waals surface area contributed by atoms with E-state index < -0.39 is 5.97 Å². The topological polar surface area (TPSA) is 52.6 Å². The van der Waals surface area contributed by atoms with Gasteiger partial charge in [-0.3, -0.25) is 0 Å². The Hall–Kier alpha value is -1.55. The van der Waals surface area contributed by atoms with Crippen molar-refractivity contribution in [2.45, 2.75) is 45.2 Å². The molecule has 1 aromatic rings. The van der Waals surface area contributed by atoms with E-state index >= 15 is 0 Å². The fraction of sp³-hybridized carbons (Fsp3) is 0.562. The number of hydrogen-bond donors (Lipinski definition) is 2. The molecule has 0 aromatic heterocycles. The highest BCUT2D eigenvalue weighted by Gasteiger charge is 2.18. The largest absolute Gasteiger partial charge is 0.478 e. The van der Waals surface area contributed by atoms with Gasteiger partial charge in [0.1, 0.15) is 0 Å². The van der Waals surface area contributed by atoms with Gasteiger partial charge in [-0.1, -0.05) is 6.07 Å². The zero-order chi connectivity index (χ0) is 14.5. The van der Waals surface area contributed by atoms with E-state index in [-0.39, 0.29) is 0 Å². The average Bonchev–Trinajstić information content (AvgIpc) is 2.65. The second kappa shape index (κ2) is 6.75. The maximum absolute atomic E-state index is 11.0. The smallest absolute Gasteiger partial charge is 0.335 e. The molecule has 1 atom stereocenters. The SMILES string of the molecule is CC(C)N1CCCC(Nc2cccc(C(=O)O)c2)CC1. The minimum absolute atomic E-state index is 0.340. The summed E-state index contributed by atoms with van der Waals surface area (Å²) >= 11 is 0. The molecule has 2 N–H and O–H groups in total. The van der Waals surface area contributed by atoms with Crippen LogP contribution in [0.3, 0.4) is 0 Å². The molecule has 1 saturated heterocycles. The second-order valence-corrected chi connectivity index (χ2v) is 5.79. The molecule has 1 aliphatic rings. The van der Waals surface area contributed by atoms with Crippen LogP contribution in [-0.4, -0.2) is 41.1 Å². The molecule has 1 fully saturated rings. The van der Waals surface area contributed by atoms with Crippen molar-refractivity contribution in [3.8, 4) is 0 Å². The number of carboxylic acid groups (broad SMARTS) is 1. The van der Waals surface area contributed by atoms with Gasteiger partial charge >= 0.3 is 5.97 Å². The van der Waals surface area contributed by atoms with Gasteiger partial charge in [0, 0.05) is 24.3 Å². The number of anilines is 1. The van der Waals surface area contributed by atoms with Crippen LogP contribution in [0, 0.1) is 0 Å². The van der Waals surface area contributed by atoms with E-state index in [1.54, 1.807) is 18.2 Å². The van der Waals surface area contributed by atoms with E-state index in [1.165, 1.54) is 6.42 Å². The predicted molar refractivity (Wildman–Crippen MR) is 81.4 cm³/mol. The van der Waals surface area contributed by atoms with Crippen LogP contribution in [0.25, 0.3) is 0 Å². The molecule has 1 unspecified atom stereocenters. The molecule has 1 aromatic carbocycles. The number of carbonyl (C=O) groups is 1. The Bertz CT molecular complexity index is 460. The van der Waals surface area contributed by atoms with Crippen LogP contribution in [0.4, 0.5) is 5.69 Å². The van der Waals surface area contributed by atoms with Crippen LogP contribution in [-0.2, 0) is 0 Å². The fourth-order valence-electron chi connectivity index (χ4n) is 2.76. The van der Waals surface area contributed by atoms with Gasteiger partial charge in [-0.25, -0.2) is 4.79 Å². The molecule has 4 heteroatoms. The Morgan fingerprint density at radius 1 is 1.35 bits per heavy atom. The minimum atomic E-state index is -0.875. The molecule has 0 saturated carbocycles. The monoisotopic (exact) mass is 276 g/mol. The molecular weight excluding hydrogens is 252 g/mol. The summed E-state index contributed by atoms with van der Waals surface area (Å²) in [6, 6.07) is 8.11. The molecule has 20 heavy (non-hydrogen) atoms. The van der Waals surface area contributed by atoms with Gasteiger partial charge in [0.05, 0.1) is 5.56 Å². The Kier molecular flexibility index (Phi) is 5.01. The number of aromatic carboxylic acids is 1. The first-order chi connectivity index (χ1) is 9.56. The maximum atomic E-state index is 11.0. The van der Waals surface area contributed by atoms with E-state index in [9.17, 15) is 4.79 Å². The summed E-state index contributed by atoms with van der Waals surface area (Å²) in [5.74, 6) is -0.875. The first-order valence-corrected chi connectivity index (χ1v) is 7.40. The molecule has 0 aliphatic carbocycles. The summed E-state index contributed by atoms with van der Waals surface area (Å²) < 4.78 is 0. The highest BCUT2D eigenvalue weighted by atomic mass is 16.4. The first kappa shape index (κ1) is 14.9. The molecule has 2 rings (SSSR count). The Balaban J connectivity index is 1.96. The van der Waals surface area contributed by atoms with Gasteiger partial charge in [0.15, 0.2) is 0 Å². The zero-order valence-electron chi connectivity index (χ0n) is 12.3. The van der Waals surface area contributed by atoms with Gasteiger partial charge in [-0.15, -0.1) is 0 Å². The molecule has 0 amide bonds. The van der Waals surface area contributed by atoms with Crippen LogP contribution >= 0.6 is 0 Å². The minimum Gasteiger partial charge on any atom is -0.478 e. The molecule has 1 aliphatic heterocycles. The van der Waals surface area contributed by atoms with Crippen LogP contribution in [0.2, 0.25) is 0 Å². The Morgan fingerprint density at radius 3 is 2.85 bits per heavy atom. The quantitative estimate of drug-likeness (QED) is 0.887. The van der Waals surface area contributed by atoms with Gasteiger partial charge < -0.3 is 15.3 Å². The molecule has 110 valence electrons. The van der Waals surface area contributed by atoms with E-state index in [0.717, 1.165) is 31.6 Å². The van der Waals surface area contributed by atoms with E-state index in [0.29, 0.717) is 17.6 Å². The Morgan fingerprint density at radius 2 is 2.15 bits per heavy atom. The predicted octanol–water partition coefficient (Wildman–Crippen LogP) is 3.06. The van der Waals surface area contributed by atoms with Crippen molar-refractivity contribution in [3.63, 3.8) is 0 Å². The third-order valence-corrected chi connectivity index (χ3v) is 3.97. The number of nitrogens with one attached hydrogen (secondary N) is 1. The molecule has 0 radical (unpaired) electrons. The third-order valence-electron chi connectivity index (χ3n) is 3.97. The van der Waals surface area contributed by atoms with Gasteiger partial charge in [0.2, 0.25) is 0 Å². The molecule has 1 heterocycles. The van der Waals surface area contributed by atoms with E-state index in [2.05, 4.69) is 24.1 Å². The van der Waals surface area contributed by atoms with Crippen molar-refractivity contribution in [2.75, 3.05) is 18.4 Å². The van der Waals surface area contributed by atoms with Crippen molar-refractivity contribution in [1.29, 1.82) is 0 Å². The average molecular weight is 276 g/mol. The normalized spacial score (nSPS) is 20.6. The van der Waals surface area contributed by atoms with Crippen molar-refractivity contribution < 1.29 is 9.90 Å². The number of carboxylic acids is 1. The lowest BCUT2D eigenvalue weighted by atomic mass is 10.1. The molecule has 0 bridgehead atoms. The number of hydrogen-bond acceptors (Lipinski definition) is 3. The summed E-state index contributed by atoms with van der Waals surface area (Å²) in [4.78, 5) is 13.5. The summed E-state index contributed by atoms with van der Waals surface area (Å²) in [7, 11) is 0. The molecule has 4 nitrogen and oxygen atoms in total. The number of benzene rings is 1. The van der Waals surface area contributed by atoms with Crippen molar-refractivity contribution >= 4 is 11.7 Å². The number of likely N-dealkylation sites (tertiary alicyclic amines) is 1. The summed E-state index contributed by atoms with van der Waals surface area (Å²) in [5, 5.41) is 12.5. The Labute approximate surface area is 120 Å². The molecule has 0 spiro atoms. The highest BCUT2D eigenvalue weighted by Crippen LogP contribution is 2.19. The lowest BCUT2D eigenvalue weighted by Crippen LogP contribution is -2.32. The van der Waals surface area contributed by atoms with E-state index in [4.69, 9.17) is 5.11 Å². The van der Waals surface area contributed by atoms with Gasteiger partial charge in [0.25, 0.3) is 0 Å². The first-order valence-electron chi connectivity index (χ1n) is 7.40. The summed E-state index contributed by atoms with van der Waals surface area (Å²) in [6.45, 7) is 6.74. The van der Waals surface area contributed by atoms with Crippen molar-refractivity contribution in [2.24, 2.45) is 0 Å². The maximum Gasteiger partial charge on any atom is 0.335 e. The lowest BCUT2D eigenvalue weighted by molar-refractivity contribution is 0.0697. The van der Waals surface area contributed by atoms with Crippen molar-refractivity contribution in [3.05, 3.63) is 29.8 Å². The van der Waals surface area contributed by atoms with Gasteiger partial charge in [-0.2, -0.15) is 0 Å². The third kappa shape index (κ3) is 3.97. The standard InChI is InChI=1S/C16H24N2O2/c1-12(2)18-9-4-7-14(8-10-18)17-15-6-3-5-13(11-15)16(19)20/h3,5-6,11-12,14,17H,4,7-10H2,1-2H3,(H,19,20). The van der Waals surface area contributed by atoms with E-state index in [1.807, 2.05) is 6.07 Å². The van der Waals surface area contributed by atoms with Gasteiger partial charge in [-0.05, 0) is 57.9 Å². The number of nitrogens with zero attached hydrogens (tertiary/aromatic N) is 1. The second-order valence-electron chi connectivity index (χ2n) is 5.79. The van der Waals surface area contributed by atoms with Crippen LogP contribution in [0.15, 0.2) is 24.3 Å².